The van der Waals surface area contributed by atoms with Gasteiger partial charge in [0.1, 0.15) is 0 Å². The monoisotopic (exact) mass is 498 g/mol. The van der Waals surface area contributed by atoms with Crippen molar-refractivity contribution < 1.29 is 19.1 Å². The third-order valence-corrected chi connectivity index (χ3v) is 6.08. The molecule has 0 fully saturated rings. The van der Waals surface area contributed by atoms with E-state index in [1.807, 2.05) is 66.5 Å². The summed E-state index contributed by atoms with van der Waals surface area (Å²) in [6.07, 6.45) is 0. The van der Waals surface area contributed by atoms with E-state index in [0.717, 1.165) is 16.8 Å². The third-order valence-electron chi connectivity index (χ3n) is 6.08. The first kappa shape index (κ1) is 25.7. The Morgan fingerprint density at radius 3 is 2.27 bits per heavy atom. The summed E-state index contributed by atoms with van der Waals surface area (Å²) >= 11 is 0. The van der Waals surface area contributed by atoms with Gasteiger partial charge < -0.3 is 20.3 Å². The van der Waals surface area contributed by atoms with E-state index in [0.29, 0.717) is 41.2 Å². The summed E-state index contributed by atoms with van der Waals surface area (Å²) in [6, 6.07) is 22.6. The highest BCUT2D eigenvalue weighted by atomic mass is 16.5. The molecule has 0 spiro atoms. The number of esters is 1. The number of amides is 2. The molecule has 0 aromatic heterocycles. The predicted molar refractivity (Wildman–Crippen MR) is 145 cm³/mol. The van der Waals surface area contributed by atoms with Crippen LogP contribution in [0.15, 0.2) is 72.8 Å². The molecule has 190 valence electrons. The van der Waals surface area contributed by atoms with Gasteiger partial charge in [0.05, 0.1) is 36.2 Å². The smallest absolute Gasteiger partial charge is 0.337 e. The maximum atomic E-state index is 13.1. The first-order chi connectivity index (χ1) is 17.8. The van der Waals surface area contributed by atoms with Crippen molar-refractivity contribution in [2.24, 2.45) is 0 Å². The van der Waals surface area contributed by atoms with Crippen molar-refractivity contribution in [1.82, 2.24) is 9.80 Å². The molecule has 0 atom stereocenters. The number of nitrogens with zero attached hydrogens (tertiary/aromatic N) is 2. The number of hydrogen-bond acceptors (Lipinski definition) is 6. The van der Waals surface area contributed by atoms with Crippen LogP contribution in [0.25, 0.3) is 11.3 Å². The van der Waals surface area contributed by atoms with Gasteiger partial charge in [0, 0.05) is 31.9 Å². The second-order valence-electron chi connectivity index (χ2n) is 9.10. The Bertz CT molecular complexity index is 1350. The summed E-state index contributed by atoms with van der Waals surface area (Å²) < 4.78 is 4.81. The SMILES string of the molecule is COC(=O)c1ccc2c(c1)NC(=O)C2=C(Nc1ccc(CN(C)CC(=O)N(C)C)cc1)c1ccccc1. The van der Waals surface area contributed by atoms with Gasteiger partial charge in [-0.25, -0.2) is 4.79 Å². The minimum absolute atomic E-state index is 0.0498. The maximum absolute atomic E-state index is 13.1. The minimum atomic E-state index is -0.465. The lowest BCUT2D eigenvalue weighted by Gasteiger charge is -2.19. The fraction of sp³-hybridized carbons (Fsp3) is 0.207. The third kappa shape index (κ3) is 5.87. The number of hydrogen-bond donors (Lipinski definition) is 2. The van der Waals surface area contributed by atoms with Gasteiger partial charge in [-0.05, 0) is 42.4 Å². The quantitative estimate of drug-likeness (QED) is 0.361. The van der Waals surface area contributed by atoms with Crippen molar-refractivity contribution in [3.63, 3.8) is 0 Å². The van der Waals surface area contributed by atoms with Crippen LogP contribution in [-0.2, 0) is 20.9 Å². The number of carbonyl (C=O) groups excluding carboxylic acids is 3. The molecule has 0 saturated heterocycles. The number of fused-ring (bicyclic) bond motifs is 1. The average molecular weight is 499 g/mol. The molecule has 3 aromatic rings. The first-order valence-electron chi connectivity index (χ1n) is 11.8. The molecule has 1 aliphatic heterocycles. The van der Waals surface area contributed by atoms with Crippen LogP contribution in [0.4, 0.5) is 11.4 Å². The molecule has 4 rings (SSSR count). The maximum Gasteiger partial charge on any atom is 0.337 e. The Kier molecular flexibility index (Phi) is 7.69. The summed E-state index contributed by atoms with van der Waals surface area (Å²) in [4.78, 5) is 40.6. The molecule has 37 heavy (non-hydrogen) atoms. The number of ether oxygens (including phenoxy) is 1. The Balaban J connectivity index is 1.64. The van der Waals surface area contributed by atoms with Crippen molar-refractivity contribution in [1.29, 1.82) is 0 Å². The highest BCUT2D eigenvalue weighted by molar-refractivity contribution is 6.37. The van der Waals surface area contributed by atoms with Crippen LogP contribution in [0.2, 0.25) is 0 Å². The zero-order chi connectivity index (χ0) is 26.5. The van der Waals surface area contributed by atoms with Gasteiger partial charge in [0.2, 0.25) is 5.91 Å². The Morgan fingerprint density at radius 2 is 1.62 bits per heavy atom. The van der Waals surface area contributed by atoms with Gasteiger partial charge in [-0.15, -0.1) is 0 Å². The number of anilines is 2. The van der Waals surface area contributed by atoms with Crippen molar-refractivity contribution >= 4 is 40.4 Å². The zero-order valence-electron chi connectivity index (χ0n) is 21.4. The van der Waals surface area contributed by atoms with E-state index in [9.17, 15) is 14.4 Å². The van der Waals surface area contributed by atoms with E-state index in [2.05, 4.69) is 10.6 Å². The van der Waals surface area contributed by atoms with Crippen LogP contribution < -0.4 is 10.6 Å². The highest BCUT2D eigenvalue weighted by Crippen LogP contribution is 2.38. The van der Waals surface area contributed by atoms with E-state index in [1.165, 1.54) is 7.11 Å². The van der Waals surface area contributed by atoms with Crippen LogP contribution >= 0.6 is 0 Å². The summed E-state index contributed by atoms with van der Waals surface area (Å²) in [5.41, 5.74) is 5.50. The molecule has 0 aliphatic carbocycles. The summed E-state index contributed by atoms with van der Waals surface area (Å²) in [7, 11) is 6.73. The normalized spacial score (nSPS) is 13.6. The first-order valence-corrected chi connectivity index (χ1v) is 11.8. The van der Waals surface area contributed by atoms with Gasteiger partial charge in [-0.2, -0.15) is 0 Å². The minimum Gasteiger partial charge on any atom is -0.465 e. The van der Waals surface area contributed by atoms with E-state index < -0.39 is 5.97 Å². The highest BCUT2D eigenvalue weighted by Gasteiger charge is 2.29. The van der Waals surface area contributed by atoms with E-state index in [4.69, 9.17) is 4.74 Å². The molecule has 0 radical (unpaired) electrons. The number of benzene rings is 3. The van der Waals surface area contributed by atoms with E-state index in [1.54, 1.807) is 37.2 Å². The molecule has 8 nitrogen and oxygen atoms in total. The molecule has 0 bridgehead atoms. The zero-order valence-corrected chi connectivity index (χ0v) is 21.4. The predicted octanol–water partition coefficient (Wildman–Crippen LogP) is 3.93. The molecule has 1 aliphatic rings. The van der Waals surface area contributed by atoms with Crippen LogP contribution in [-0.4, -0.2) is 62.4 Å². The fourth-order valence-corrected chi connectivity index (χ4v) is 4.13. The molecule has 8 heteroatoms. The lowest BCUT2D eigenvalue weighted by molar-refractivity contribution is -0.129. The molecular weight excluding hydrogens is 468 g/mol. The van der Waals surface area contributed by atoms with Gasteiger partial charge in [0.25, 0.3) is 5.91 Å². The Morgan fingerprint density at radius 1 is 0.919 bits per heavy atom. The lowest BCUT2D eigenvalue weighted by atomic mass is 9.99. The molecule has 2 amide bonds. The molecular formula is C29H30N4O4. The Hall–Kier alpha value is -4.43. The summed E-state index contributed by atoms with van der Waals surface area (Å²) in [6.45, 7) is 0.967. The number of carbonyl (C=O) groups is 3. The summed E-state index contributed by atoms with van der Waals surface area (Å²) in [5.74, 6) is -0.673. The van der Waals surface area contributed by atoms with Crippen molar-refractivity contribution in [2.75, 3.05) is 45.4 Å². The molecule has 0 unspecified atom stereocenters. The molecule has 3 aromatic carbocycles. The topological polar surface area (TPSA) is 91.0 Å². The standard InChI is InChI=1S/C29H30N4O4/c1-32(2)25(34)18-33(3)17-19-10-13-22(14-11-19)30-27(20-8-6-5-7-9-20)26-23-15-12-21(29(36)37-4)16-24(23)31-28(26)35/h5-16,30H,17-18H2,1-4H3,(H,31,35). The van der Waals surface area contributed by atoms with Crippen LogP contribution in [0.1, 0.15) is 27.0 Å². The number of methoxy groups -OCH3 is 1. The van der Waals surface area contributed by atoms with Crippen LogP contribution in [0, 0.1) is 0 Å². The van der Waals surface area contributed by atoms with E-state index in [-0.39, 0.29) is 11.8 Å². The van der Waals surface area contributed by atoms with Crippen LogP contribution in [0.5, 0.6) is 0 Å². The van der Waals surface area contributed by atoms with E-state index >= 15 is 0 Å². The molecule has 0 saturated carbocycles. The largest absolute Gasteiger partial charge is 0.465 e. The Labute approximate surface area is 216 Å². The lowest BCUT2D eigenvalue weighted by Crippen LogP contribution is -2.34. The summed E-state index contributed by atoms with van der Waals surface area (Å²) in [5, 5.41) is 6.31. The second-order valence-corrected chi connectivity index (χ2v) is 9.10. The van der Waals surface area contributed by atoms with Crippen molar-refractivity contribution in [3.8, 4) is 0 Å². The van der Waals surface area contributed by atoms with Gasteiger partial charge in [-0.3, -0.25) is 14.5 Å². The fourth-order valence-electron chi connectivity index (χ4n) is 4.13. The second kappa shape index (κ2) is 11.1. The van der Waals surface area contributed by atoms with Crippen LogP contribution in [0.3, 0.4) is 0 Å². The number of rotatable bonds is 8. The van der Waals surface area contributed by atoms with Crippen molar-refractivity contribution in [2.45, 2.75) is 6.54 Å². The van der Waals surface area contributed by atoms with Gasteiger partial charge >= 0.3 is 5.97 Å². The van der Waals surface area contributed by atoms with Gasteiger partial charge in [0.15, 0.2) is 0 Å². The number of nitrogens with one attached hydrogen (secondary N) is 2. The number of likely N-dealkylation sites (N-methyl/N-ethyl adjacent to an activating group) is 2. The van der Waals surface area contributed by atoms with Gasteiger partial charge in [-0.1, -0.05) is 48.5 Å². The molecule has 1 heterocycles. The van der Waals surface area contributed by atoms with Crippen molar-refractivity contribution in [3.05, 3.63) is 95.1 Å². The average Bonchev–Trinajstić information content (AvgIpc) is 3.22. The molecule has 2 N–H and O–H groups in total.